The number of hydrogen-bond acceptors (Lipinski definition) is 7. The molecule has 1 aromatic heterocycles. The van der Waals surface area contributed by atoms with Crippen molar-refractivity contribution in [2.45, 2.75) is 29.7 Å². The Morgan fingerprint density at radius 1 is 0.929 bits per heavy atom. The molecule has 1 saturated heterocycles. The van der Waals surface area contributed by atoms with E-state index in [0.29, 0.717) is 26.3 Å². The van der Waals surface area contributed by atoms with E-state index in [1.54, 1.807) is 36.4 Å². The first-order valence-corrected chi connectivity index (χ1v) is 15.4. The predicted molar refractivity (Wildman–Crippen MR) is 168 cm³/mol. The first-order valence-electron chi connectivity index (χ1n) is 13.3. The zero-order valence-electron chi connectivity index (χ0n) is 23.0. The van der Waals surface area contributed by atoms with Crippen LogP contribution in [0, 0.1) is 12.8 Å². The van der Waals surface area contributed by atoms with E-state index in [-0.39, 0.29) is 29.1 Å². The number of aryl methyl sites for hydroxylation is 1. The van der Waals surface area contributed by atoms with Gasteiger partial charge in [0, 0.05) is 41.3 Å². The van der Waals surface area contributed by atoms with E-state index in [9.17, 15) is 19.2 Å². The highest BCUT2D eigenvalue weighted by molar-refractivity contribution is 8.00. The average Bonchev–Trinajstić information content (AvgIpc) is 3.41. The van der Waals surface area contributed by atoms with Crippen molar-refractivity contribution in [2.75, 3.05) is 29.2 Å². The molecular weight excluding hydrogens is 592 g/mol. The lowest BCUT2D eigenvalue weighted by molar-refractivity contribution is -0.122. The Kier molecular flexibility index (Phi) is 7.46. The van der Waals surface area contributed by atoms with E-state index in [1.165, 1.54) is 21.2 Å². The number of hydrogen-bond donors (Lipinski definition) is 1. The monoisotopic (exact) mass is 618 g/mol. The number of thioether (sulfide) groups is 1. The number of nitrogens with zero attached hydrogens (tertiary/aromatic N) is 3. The first-order chi connectivity index (χ1) is 20.1. The minimum absolute atomic E-state index is 0.228. The number of fused-ring (bicyclic) bond motifs is 2. The van der Waals surface area contributed by atoms with Gasteiger partial charge in [0.15, 0.2) is 0 Å². The second-order valence-electron chi connectivity index (χ2n) is 10.6. The molecule has 214 valence electrons. The van der Waals surface area contributed by atoms with Crippen molar-refractivity contribution >= 4 is 69.5 Å². The van der Waals surface area contributed by atoms with Gasteiger partial charge >= 0.3 is 4.87 Å². The van der Waals surface area contributed by atoms with E-state index in [2.05, 4.69) is 5.32 Å². The van der Waals surface area contributed by atoms with Crippen molar-refractivity contribution in [2.24, 2.45) is 5.92 Å². The predicted octanol–water partition coefficient (Wildman–Crippen LogP) is 5.37. The van der Waals surface area contributed by atoms with Crippen LogP contribution in [0.4, 0.5) is 17.1 Å². The van der Waals surface area contributed by atoms with Gasteiger partial charge in [0.25, 0.3) is 0 Å². The molecule has 3 heterocycles. The topological polar surface area (TPSA) is 91.7 Å². The fraction of sp³-hybridized carbons (Fsp3) is 0.226. The van der Waals surface area contributed by atoms with Gasteiger partial charge in [0.2, 0.25) is 17.7 Å². The Morgan fingerprint density at radius 3 is 2.24 bits per heavy atom. The molecule has 0 aliphatic carbocycles. The molecule has 3 atom stereocenters. The highest BCUT2D eigenvalue weighted by atomic mass is 35.5. The number of rotatable bonds is 6. The summed E-state index contributed by atoms with van der Waals surface area (Å²) in [7, 11) is 3.89. The molecule has 3 aromatic carbocycles. The highest BCUT2D eigenvalue weighted by Crippen LogP contribution is 2.54. The third kappa shape index (κ3) is 5.04. The second-order valence-corrected chi connectivity index (χ2v) is 13.1. The summed E-state index contributed by atoms with van der Waals surface area (Å²) < 4.78 is 1.42. The number of amides is 3. The maximum Gasteiger partial charge on any atom is 0.308 e. The third-order valence-corrected chi connectivity index (χ3v) is 10.4. The van der Waals surface area contributed by atoms with Crippen molar-refractivity contribution < 1.29 is 14.4 Å². The van der Waals surface area contributed by atoms with Crippen LogP contribution in [0.1, 0.15) is 21.9 Å². The van der Waals surface area contributed by atoms with Crippen molar-refractivity contribution in [1.82, 2.24) is 4.57 Å². The molecule has 2 aliphatic rings. The number of imide groups is 1. The van der Waals surface area contributed by atoms with Gasteiger partial charge < -0.3 is 10.2 Å². The van der Waals surface area contributed by atoms with E-state index < -0.39 is 17.1 Å². The highest BCUT2D eigenvalue weighted by Gasteiger charge is 2.56. The zero-order valence-corrected chi connectivity index (χ0v) is 25.4. The Morgan fingerprint density at radius 2 is 1.60 bits per heavy atom. The van der Waals surface area contributed by atoms with Gasteiger partial charge in [-0.3, -0.25) is 23.7 Å². The molecule has 0 radical (unpaired) electrons. The van der Waals surface area contributed by atoms with E-state index in [4.69, 9.17) is 11.6 Å². The Labute approximate surface area is 255 Å². The molecule has 8 nitrogen and oxygen atoms in total. The Balaban J connectivity index is 1.41. The minimum Gasteiger partial charge on any atom is -0.378 e. The van der Waals surface area contributed by atoms with Crippen LogP contribution in [0.2, 0.25) is 5.02 Å². The fourth-order valence-corrected chi connectivity index (χ4v) is 8.32. The number of nitrogens with one attached hydrogen (secondary N) is 1. The van der Waals surface area contributed by atoms with Gasteiger partial charge in [0.05, 0.1) is 16.6 Å². The van der Waals surface area contributed by atoms with Gasteiger partial charge in [0.1, 0.15) is 11.8 Å². The lowest BCUT2D eigenvalue weighted by atomic mass is 9.83. The second kappa shape index (κ2) is 11.1. The zero-order chi connectivity index (χ0) is 29.7. The van der Waals surface area contributed by atoms with Crippen LogP contribution in [-0.4, -0.2) is 41.6 Å². The molecule has 3 amide bonds. The number of anilines is 3. The first kappa shape index (κ1) is 28.3. The van der Waals surface area contributed by atoms with Gasteiger partial charge in [-0.05, 0) is 61.0 Å². The summed E-state index contributed by atoms with van der Waals surface area (Å²) in [4.78, 5) is 57.9. The van der Waals surface area contributed by atoms with E-state index in [0.717, 1.165) is 28.2 Å². The molecule has 11 heteroatoms. The summed E-state index contributed by atoms with van der Waals surface area (Å²) in [6.45, 7) is 1.72. The summed E-state index contributed by atoms with van der Waals surface area (Å²) in [6.07, 6.45) is 0. The van der Waals surface area contributed by atoms with Crippen LogP contribution < -0.4 is 20.0 Å². The Bertz CT molecular complexity index is 1750. The standard InChI is InChI=1S/C31H27ClN4O4S2/c1-17-4-12-22(13-5-17)36-28(38)25-24(18-6-14-21(15-7-18)34(2)3)27-30(41-26(25)29(36)39)35(31(40)42-27)16-23(37)33-20-10-8-19(32)9-11-20/h4-15,24-26H,16H2,1-3H3,(H,33,37). The van der Waals surface area contributed by atoms with E-state index >= 15 is 0 Å². The maximum absolute atomic E-state index is 14.0. The average molecular weight is 619 g/mol. The molecule has 1 fully saturated rings. The van der Waals surface area contributed by atoms with Crippen LogP contribution in [-0.2, 0) is 20.9 Å². The van der Waals surface area contributed by atoms with Crippen LogP contribution in [0.3, 0.4) is 0 Å². The summed E-state index contributed by atoms with van der Waals surface area (Å²) >= 11 is 8.19. The van der Waals surface area contributed by atoms with E-state index in [1.807, 2.05) is 62.3 Å². The summed E-state index contributed by atoms with van der Waals surface area (Å²) in [5.41, 5.74) is 3.92. The molecule has 42 heavy (non-hydrogen) atoms. The number of benzene rings is 3. The molecule has 0 spiro atoms. The van der Waals surface area contributed by atoms with Crippen molar-refractivity contribution in [3.8, 4) is 0 Å². The molecule has 4 aromatic rings. The molecule has 2 aliphatic heterocycles. The minimum atomic E-state index is -0.746. The van der Waals surface area contributed by atoms with Crippen LogP contribution in [0.25, 0.3) is 0 Å². The fourth-order valence-electron chi connectivity index (χ4n) is 5.42. The van der Waals surface area contributed by atoms with Crippen molar-refractivity contribution in [3.05, 3.63) is 103 Å². The SMILES string of the molecule is Cc1ccc(N2C(=O)C3Sc4c(sc(=O)n4CC(=O)Nc4ccc(Cl)cc4)C(c4ccc(N(C)C)cc4)C3C2=O)cc1. The maximum atomic E-state index is 14.0. The number of carbonyl (C=O) groups excluding carboxylic acids is 3. The summed E-state index contributed by atoms with van der Waals surface area (Å²) in [5, 5.41) is 3.15. The van der Waals surface area contributed by atoms with Crippen LogP contribution in [0.5, 0.6) is 0 Å². The van der Waals surface area contributed by atoms with Gasteiger partial charge in [-0.15, -0.1) is 0 Å². The van der Waals surface area contributed by atoms with Crippen molar-refractivity contribution in [1.29, 1.82) is 0 Å². The third-order valence-electron chi connectivity index (χ3n) is 7.54. The molecule has 0 saturated carbocycles. The quantitative estimate of drug-likeness (QED) is 0.292. The lowest BCUT2D eigenvalue weighted by Crippen LogP contribution is -2.33. The molecule has 3 unspecified atom stereocenters. The largest absolute Gasteiger partial charge is 0.378 e. The van der Waals surface area contributed by atoms with Crippen molar-refractivity contribution in [3.63, 3.8) is 0 Å². The normalized spacial score (nSPS) is 19.4. The lowest BCUT2D eigenvalue weighted by Gasteiger charge is -2.31. The van der Waals surface area contributed by atoms with Crippen LogP contribution in [0.15, 0.2) is 82.6 Å². The summed E-state index contributed by atoms with van der Waals surface area (Å²) in [5.74, 6) is -2.22. The van der Waals surface area contributed by atoms with Gasteiger partial charge in [-0.25, -0.2) is 4.90 Å². The Hall–Kier alpha value is -3.86. The van der Waals surface area contributed by atoms with Crippen LogP contribution >= 0.6 is 34.7 Å². The van der Waals surface area contributed by atoms with Gasteiger partial charge in [-0.2, -0.15) is 0 Å². The number of halogens is 1. The smallest absolute Gasteiger partial charge is 0.308 e. The van der Waals surface area contributed by atoms with Gasteiger partial charge in [-0.1, -0.05) is 64.5 Å². The number of aromatic nitrogens is 1. The summed E-state index contributed by atoms with van der Waals surface area (Å²) in [6, 6.07) is 21.8. The molecule has 1 N–H and O–H groups in total. The number of thiazole rings is 1. The number of carbonyl (C=O) groups is 3. The molecular formula is C31H27ClN4O4S2. The molecule has 0 bridgehead atoms. The molecule has 6 rings (SSSR count).